The second kappa shape index (κ2) is 13.6. The number of hydrogen-bond donors (Lipinski definition) is 0. The molecule has 8 rings (SSSR count). The number of rotatable bonds is 8. The van der Waals surface area contributed by atoms with E-state index in [2.05, 4.69) is 216 Å². The summed E-state index contributed by atoms with van der Waals surface area (Å²) in [6.07, 6.45) is 0. The summed E-state index contributed by atoms with van der Waals surface area (Å²) in [6, 6.07) is 55.2. The van der Waals surface area contributed by atoms with Crippen LogP contribution in [-0.4, -0.2) is 16.9 Å². The average Bonchev–Trinajstić information content (AvgIpc) is 3.39. The summed E-state index contributed by atoms with van der Waals surface area (Å²) in [4.78, 5) is 4.90. The third kappa shape index (κ3) is 6.31. The van der Waals surface area contributed by atoms with Crippen LogP contribution in [0.1, 0.15) is 36.1 Å². The summed E-state index contributed by atoms with van der Waals surface area (Å²) in [5, 5.41) is 5.47. The predicted molar refractivity (Wildman–Crippen MR) is 240 cm³/mol. The third-order valence-electron chi connectivity index (χ3n) is 11.4. The molecule has 54 heavy (non-hydrogen) atoms. The maximum Gasteiger partial charge on any atom is 0.0791 e. The number of benzene rings is 7. The van der Waals surface area contributed by atoms with Crippen molar-refractivity contribution in [1.82, 2.24) is 0 Å². The highest BCUT2D eigenvalue weighted by Crippen LogP contribution is 2.55. The highest BCUT2D eigenvalue weighted by Gasteiger charge is 2.38. The van der Waals surface area contributed by atoms with Gasteiger partial charge in [-0.2, -0.15) is 0 Å². The van der Waals surface area contributed by atoms with Crippen molar-refractivity contribution in [1.29, 1.82) is 0 Å². The Kier molecular flexibility index (Phi) is 9.03. The van der Waals surface area contributed by atoms with E-state index in [9.17, 15) is 0 Å². The second-order valence-corrected chi connectivity index (χ2v) is 24.6. The minimum Gasteiger partial charge on any atom is -0.310 e. The Bertz CT molecular complexity index is 2470. The molecular formula is C50H51N2Si2. The molecule has 4 heteroatoms. The molecule has 0 saturated carbocycles. The Morgan fingerprint density at radius 1 is 0.500 bits per heavy atom. The van der Waals surface area contributed by atoms with Crippen LogP contribution in [0.15, 0.2) is 146 Å². The topological polar surface area (TPSA) is 6.48 Å². The molecule has 1 aliphatic carbocycles. The van der Waals surface area contributed by atoms with Crippen molar-refractivity contribution < 1.29 is 0 Å². The fraction of sp³-hybridized carbons (Fsp3) is 0.200. The minimum absolute atomic E-state index is 0.231. The van der Waals surface area contributed by atoms with Crippen LogP contribution in [0.25, 0.3) is 21.9 Å². The van der Waals surface area contributed by atoms with Gasteiger partial charge in [-0.3, -0.25) is 0 Å². The van der Waals surface area contributed by atoms with E-state index in [1.165, 1.54) is 88.7 Å². The largest absolute Gasteiger partial charge is 0.310 e. The summed E-state index contributed by atoms with van der Waals surface area (Å²) in [7, 11) is -1.99. The van der Waals surface area contributed by atoms with Gasteiger partial charge < -0.3 is 9.80 Å². The molecule has 0 saturated heterocycles. The van der Waals surface area contributed by atoms with Gasteiger partial charge in [0.1, 0.15) is 0 Å². The standard InChI is InChI=1S/C50H51N2Si2/c1-34-14-18-36(19-15-34)51(37-22-27-41(28-23-37)53(5)6)40-26-31-45-46(32-40)50(3,4)47-33-48(43-12-10-11-13-44(43)49(45)47)52(38-20-16-35(2)17-21-38)39-24-29-42(30-25-39)54(7,8)9/h10-33H,1-9H3. The van der Waals surface area contributed by atoms with Gasteiger partial charge >= 0.3 is 0 Å². The molecule has 7 aromatic rings. The van der Waals surface area contributed by atoms with Crippen LogP contribution in [0.2, 0.25) is 32.7 Å². The smallest absolute Gasteiger partial charge is 0.0791 e. The van der Waals surface area contributed by atoms with E-state index >= 15 is 0 Å². The molecule has 1 aliphatic rings. The molecule has 0 atom stereocenters. The van der Waals surface area contributed by atoms with Gasteiger partial charge in [0.25, 0.3) is 0 Å². The van der Waals surface area contributed by atoms with Crippen molar-refractivity contribution >= 4 is 72.1 Å². The van der Waals surface area contributed by atoms with E-state index in [0.29, 0.717) is 0 Å². The van der Waals surface area contributed by atoms with Gasteiger partial charge in [0.2, 0.25) is 0 Å². The summed E-state index contributed by atoms with van der Waals surface area (Å²) >= 11 is 0. The quantitative estimate of drug-likeness (QED) is 0.143. The summed E-state index contributed by atoms with van der Waals surface area (Å²) in [5.74, 6) is 0. The fourth-order valence-corrected chi connectivity index (χ4v) is 10.2. The van der Waals surface area contributed by atoms with E-state index in [0.717, 1.165) is 0 Å². The molecule has 0 heterocycles. The number of anilines is 6. The van der Waals surface area contributed by atoms with Crippen LogP contribution in [-0.2, 0) is 5.41 Å². The van der Waals surface area contributed by atoms with E-state index in [1.54, 1.807) is 0 Å². The van der Waals surface area contributed by atoms with Gasteiger partial charge in [0.15, 0.2) is 0 Å². The molecule has 2 nitrogen and oxygen atoms in total. The van der Waals surface area contributed by atoms with Crippen LogP contribution >= 0.6 is 0 Å². The third-order valence-corrected chi connectivity index (χ3v) is 15.0. The molecule has 7 aromatic carbocycles. The molecule has 269 valence electrons. The minimum atomic E-state index is -1.46. The molecule has 1 radical (unpaired) electrons. The van der Waals surface area contributed by atoms with Crippen molar-refractivity contribution in [3.63, 3.8) is 0 Å². The molecule has 0 aromatic heterocycles. The van der Waals surface area contributed by atoms with Crippen molar-refractivity contribution in [3.05, 3.63) is 168 Å². The van der Waals surface area contributed by atoms with Crippen molar-refractivity contribution in [3.8, 4) is 11.1 Å². The monoisotopic (exact) mass is 735 g/mol. The Morgan fingerprint density at radius 2 is 0.981 bits per heavy atom. The second-order valence-electron chi connectivity index (χ2n) is 16.9. The Balaban J connectivity index is 1.31. The van der Waals surface area contributed by atoms with Crippen LogP contribution in [0.3, 0.4) is 0 Å². The highest BCUT2D eigenvalue weighted by atomic mass is 28.3. The molecule has 0 amide bonds. The normalized spacial score (nSPS) is 13.2. The van der Waals surface area contributed by atoms with Crippen LogP contribution in [0.5, 0.6) is 0 Å². The molecule has 0 fully saturated rings. The van der Waals surface area contributed by atoms with E-state index in [1.807, 2.05) is 0 Å². The zero-order valence-electron chi connectivity index (χ0n) is 33.3. The maximum absolute atomic E-state index is 2.49. The van der Waals surface area contributed by atoms with Crippen LogP contribution in [0.4, 0.5) is 34.1 Å². The zero-order valence-corrected chi connectivity index (χ0v) is 35.3. The van der Waals surface area contributed by atoms with Gasteiger partial charge in [-0.05, 0) is 108 Å². The van der Waals surface area contributed by atoms with Crippen molar-refractivity contribution in [2.24, 2.45) is 0 Å². The Morgan fingerprint density at radius 3 is 1.52 bits per heavy atom. The predicted octanol–water partition coefficient (Wildman–Crippen LogP) is 13.2. The van der Waals surface area contributed by atoms with Gasteiger partial charge in [-0.15, -0.1) is 0 Å². The zero-order chi connectivity index (χ0) is 37.9. The Hall–Kier alpha value is -5.17. The molecule has 0 aliphatic heterocycles. The van der Waals surface area contributed by atoms with Crippen LogP contribution < -0.4 is 20.2 Å². The molecule has 0 unspecified atom stereocenters. The number of aryl methyl sites for hydroxylation is 2. The van der Waals surface area contributed by atoms with Gasteiger partial charge in [0.05, 0.1) is 22.6 Å². The molecular weight excluding hydrogens is 685 g/mol. The first-order chi connectivity index (χ1) is 25.8. The fourth-order valence-electron chi connectivity index (χ4n) is 8.19. The summed E-state index contributed by atoms with van der Waals surface area (Å²) in [5.41, 5.74) is 14.8. The van der Waals surface area contributed by atoms with Crippen molar-refractivity contribution in [2.75, 3.05) is 9.80 Å². The lowest BCUT2D eigenvalue weighted by molar-refractivity contribution is 0.661. The van der Waals surface area contributed by atoms with Gasteiger partial charge in [-0.1, -0.05) is 147 Å². The average molecular weight is 736 g/mol. The first-order valence-corrected chi connectivity index (χ1v) is 25.3. The van der Waals surface area contributed by atoms with E-state index in [4.69, 9.17) is 0 Å². The number of hydrogen-bond acceptors (Lipinski definition) is 2. The van der Waals surface area contributed by atoms with Gasteiger partial charge in [-0.25, -0.2) is 0 Å². The lowest BCUT2D eigenvalue weighted by Crippen LogP contribution is -2.37. The SMILES string of the molecule is Cc1ccc(N(c2ccc([Si](C)C)cc2)c2ccc3c(c2)C(C)(C)c2cc(N(c4ccc(C)cc4)c4ccc([Si](C)(C)C)cc4)c4ccccc4c2-3)cc1. The van der Waals surface area contributed by atoms with E-state index in [-0.39, 0.29) is 5.41 Å². The highest BCUT2D eigenvalue weighted by molar-refractivity contribution is 6.88. The molecule has 0 bridgehead atoms. The first-order valence-electron chi connectivity index (χ1n) is 19.3. The number of fused-ring (bicyclic) bond motifs is 5. The summed E-state index contributed by atoms with van der Waals surface area (Å²) < 4.78 is 0. The van der Waals surface area contributed by atoms with E-state index < -0.39 is 16.9 Å². The van der Waals surface area contributed by atoms with Gasteiger partial charge in [0, 0.05) is 39.2 Å². The van der Waals surface area contributed by atoms with Crippen molar-refractivity contribution in [2.45, 2.75) is 65.8 Å². The summed E-state index contributed by atoms with van der Waals surface area (Å²) in [6.45, 7) is 21.1. The van der Waals surface area contributed by atoms with Crippen LogP contribution in [0, 0.1) is 13.8 Å². The lowest BCUT2D eigenvalue weighted by Gasteiger charge is -2.30. The lowest BCUT2D eigenvalue weighted by atomic mass is 9.81. The molecule has 0 spiro atoms. The number of nitrogens with zero attached hydrogens (tertiary/aromatic N) is 2. The Labute approximate surface area is 325 Å². The maximum atomic E-state index is 2.49. The first kappa shape index (κ1) is 35.8. The molecule has 0 N–H and O–H groups in total.